The topological polar surface area (TPSA) is 78.4 Å². The van der Waals surface area contributed by atoms with E-state index < -0.39 is 0 Å². The van der Waals surface area contributed by atoms with Crippen molar-refractivity contribution in [2.24, 2.45) is 5.10 Å². The maximum Gasteiger partial charge on any atom is 0.271 e. The molecule has 1 N–H and O–H groups in total. The van der Waals surface area contributed by atoms with Crippen molar-refractivity contribution in [2.75, 3.05) is 13.9 Å². The van der Waals surface area contributed by atoms with Crippen molar-refractivity contribution < 1.29 is 23.7 Å². The van der Waals surface area contributed by atoms with Crippen molar-refractivity contribution in [3.8, 4) is 23.0 Å². The van der Waals surface area contributed by atoms with Crippen LogP contribution in [0.1, 0.15) is 21.5 Å². The lowest BCUT2D eigenvalue weighted by Gasteiger charge is -2.10. The second-order valence-electron chi connectivity index (χ2n) is 6.45. The van der Waals surface area contributed by atoms with E-state index in [2.05, 4.69) is 10.5 Å². The Balaban J connectivity index is 1.39. The van der Waals surface area contributed by atoms with Gasteiger partial charge in [-0.1, -0.05) is 24.3 Å². The number of nitrogens with one attached hydrogen (secondary N) is 1. The highest BCUT2D eigenvalue weighted by Gasteiger charge is 2.15. The molecule has 0 bridgehead atoms. The molecule has 0 aromatic heterocycles. The molecule has 7 heteroatoms. The number of nitrogens with zero attached hydrogens (tertiary/aromatic N) is 1. The minimum atomic E-state index is -0.348. The molecule has 3 aromatic rings. The predicted octanol–water partition coefficient (Wildman–Crippen LogP) is 3.77. The third-order valence-electron chi connectivity index (χ3n) is 4.45. The molecule has 0 saturated heterocycles. The summed E-state index contributed by atoms with van der Waals surface area (Å²) in [5.41, 5.74) is 4.67. The van der Waals surface area contributed by atoms with Gasteiger partial charge in [0.15, 0.2) is 11.5 Å². The van der Waals surface area contributed by atoms with Gasteiger partial charge in [0.2, 0.25) is 6.79 Å². The summed E-state index contributed by atoms with van der Waals surface area (Å²) in [7, 11) is 1.63. The molecule has 30 heavy (non-hydrogen) atoms. The van der Waals surface area contributed by atoms with Crippen molar-refractivity contribution in [2.45, 2.75) is 6.61 Å². The average molecular weight is 404 g/mol. The largest absolute Gasteiger partial charge is 0.497 e. The van der Waals surface area contributed by atoms with Gasteiger partial charge < -0.3 is 18.9 Å². The number of benzene rings is 3. The molecule has 0 saturated carbocycles. The monoisotopic (exact) mass is 404 g/mol. The predicted molar refractivity (Wildman–Crippen MR) is 111 cm³/mol. The number of para-hydroxylation sites is 1. The molecular weight excluding hydrogens is 384 g/mol. The molecule has 1 aliphatic heterocycles. The Morgan fingerprint density at radius 1 is 1.07 bits per heavy atom. The number of hydrogen-bond acceptors (Lipinski definition) is 6. The average Bonchev–Trinajstić information content (AvgIpc) is 3.26. The summed E-state index contributed by atoms with van der Waals surface area (Å²) >= 11 is 0. The van der Waals surface area contributed by atoms with Gasteiger partial charge in [0.05, 0.1) is 13.3 Å². The van der Waals surface area contributed by atoms with Crippen molar-refractivity contribution in [3.05, 3.63) is 83.4 Å². The number of carbonyl (C=O) groups is 1. The molecule has 7 nitrogen and oxygen atoms in total. The van der Waals surface area contributed by atoms with Gasteiger partial charge in [-0.3, -0.25) is 4.79 Å². The Labute approximate surface area is 173 Å². The van der Waals surface area contributed by atoms with Gasteiger partial charge in [-0.15, -0.1) is 0 Å². The van der Waals surface area contributed by atoms with Gasteiger partial charge in [-0.25, -0.2) is 5.43 Å². The minimum Gasteiger partial charge on any atom is -0.497 e. The van der Waals surface area contributed by atoms with Crippen LogP contribution >= 0.6 is 0 Å². The number of ether oxygens (including phenoxy) is 4. The first-order valence-corrected chi connectivity index (χ1v) is 9.31. The molecule has 0 spiro atoms. The number of rotatable bonds is 7. The first-order chi connectivity index (χ1) is 14.7. The lowest BCUT2D eigenvalue weighted by molar-refractivity contribution is 0.0954. The van der Waals surface area contributed by atoms with Crippen LogP contribution in [0.25, 0.3) is 0 Å². The number of amides is 1. The quantitative estimate of drug-likeness (QED) is 0.479. The van der Waals surface area contributed by atoms with E-state index in [4.69, 9.17) is 18.9 Å². The van der Waals surface area contributed by atoms with Gasteiger partial charge in [0, 0.05) is 11.1 Å². The summed E-state index contributed by atoms with van der Waals surface area (Å²) in [6.45, 7) is 0.538. The minimum absolute atomic E-state index is 0.158. The van der Waals surface area contributed by atoms with Crippen LogP contribution in [-0.4, -0.2) is 26.0 Å². The highest BCUT2D eigenvalue weighted by molar-refractivity contribution is 5.95. The van der Waals surface area contributed by atoms with E-state index in [9.17, 15) is 4.79 Å². The normalized spacial score (nSPS) is 12.0. The smallest absolute Gasteiger partial charge is 0.271 e. The van der Waals surface area contributed by atoms with E-state index in [0.29, 0.717) is 29.4 Å². The molecule has 3 aromatic carbocycles. The Kier molecular flexibility index (Phi) is 5.80. The Morgan fingerprint density at radius 2 is 1.93 bits per heavy atom. The van der Waals surface area contributed by atoms with Gasteiger partial charge in [0.25, 0.3) is 5.91 Å². The fourth-order valence-electron chi connectivity index (χ4n) is 2.90. The van der Waals surface area contributed by atoms with Crippen LogP contribution in [0.5, 0.6) is 23.0 Å². The number of methoxy groups -OCH3 is 1. The third kappa shape index (κ3) is 4.52. The molecule has 0 radical (unpaired) electrons. The molecule has 4 rings (SSSR count). The van der Waals surface area contributed by atoms with Crippen LogP contribution in [0.15, 0.2) is 71.8 Å². The molecule has 0 fully saturated rings. The number of hydrazone groups is 1. The van der Waals surface area contributed by atoms with Crippen molar-refractivity contribution in [3.63, 3.8) is 0 Å². The van der Waals surface area contributed by atoms with Crippen LogP contribution in [0.2, 0.25) is 0 Å². The summed E-state index contributed by atoms with van der Waals surface area (Å²) in [4.78, 5) is 12.3. The van der Waals surface area contributed by atoms with Crippen LogP contribution in [-0.2, 0) is 6.61 Å². The van der Waals surface area contributed by atoms with Crippen molar-refractivity contribution >= 4 is 12.1 Å². The van der Waals surface area contributed by atoms with Gasteiger partial charge in [0.1, 0.15) is 18.1 Å². The summed E-state index contributed by atoms with van der Waals surface area (Å²) < 4.78 is 21.7. The first kappa shape index (κ1) is 19.3. The molecule has 0 unspecified atom stereocenters. The summed E-state index contributed by atoms with van der Waals surface area (Å²) in [5.74, 6) is 2.25. The summed E-state index contributed by atoms with van der Waals surface area (Å²) in [5, 5.41) is 4.06. The van der Waals surface area contributed by atoms with Crippen LogP contribution < -0.4 is 24.4 Å². The zero-order chi connectivity index (χ0) is 20.8. The van der Waals surface area contributed by atoms with E-state index in [1.165, 1.54) is 0 Å². The second kappa shape index (κ2) is 9.00. The molecular formula is C23H20N2O5. The Bertz CT molecular complexity index is 1080. The maximum absolute atomic E-state index is 12.3. The summed E-state index contributed by atoms with van der Waals surface area (Å²) in [6.07, 6.45) is 1.55. The molecule has 1 aliphatic rings. The lowest BCUT2D eigenvalue weighted by atomic mass is 10.2. The Morgan fingerprint density at radius 3 is 2.83 bits per heavy atom. The van der Waals surface area contributed by atoms with E-state index in [-0.39, 0.29) is 12.7 Å². The lowest BCUT2D eigenvalue weighted by Crippen LogP contribution is -2.17. The highest BCUT2D eigenvalue weighted by atomic mass is 16.7. The molecule has 0 atom stereocenters. The van der Waals surface area contributed by atoms with Gasteiger partial charge in [-0.05, 0) is 48.0 Å². The van der Waals surface area contributed by atoms with Gasteiger partial charge in [-0.2, -0.15) is 5.10 Å². The standard InChI is InChI=1S/C23H20N2O5/c1-27-19-7-4-5-16(11-19)14-28-20-8-3-2-6-18(20)13-24-25-23(26)17-9-10-21-22(12-17)30-15-29-21/h2-13H,14-15H2,1H3,(H,25,26). The maximum atomic E-state index is 12.3. The zero-order valence-corrected chi connectivity index (χ0v) is 16.3. The molecule has 1 amide bonds. The molecule has 152 valence electrons. The number of carbonyl (C=O) groups excluding carboxylic acids is 1. The number of fused-ring (bicyclic) bond motifs is 1. The first-order valence-electron chi connectivity index (χ1n) is 9.31. The third-order valence-corrected chi connectivity index (χ3v) is 4.45. The van der Waals surface area contributed by atoms with E-state index in [0.717, 1.165) is 16.9 Å². The highest BCUT2D eigenvalue weighted by Crippen LogP contribution is 2.32. The zero-order valence-electron chi connectivity index (χ0n) is 16.3. The SMILES string of the molecule is COc1cccc(COc2ccccc2C=NNC(=O)c2ccc3c(c2)OCO3)c1. The second-order valence-corrected chi connectivity index (χ2v) is 6.45. The van der Waals surface area contributed by atoms with E-state index >= 15 is 0 Å². The summed E-state index contributed by atoms with van der Waals surface area (Å²) in [6, 6.07) is 20.1. The Hall–Kier alpha value is -4.00. The molecule has 0 aliphatic carbocycles. The van der Waals surface area contributed by atoms with Gasteiger partial charge >= 0.3 is 0 Å². The van der Waals surface area contributed by atoms with Crippen LogP contribution in [0, 0.1) is 0 Å². The number of hydrogen-bond donors (Lipinski definition) is 1. The van der Waals surface area contributed by atoms with E-state index in [1.807, 2.05) is 48.5 Å². The fourth-order valence-corrected chi connectivity index (χ4v) is 2.90. The van der Waals surface area contributed by atoms with Crippen LogP contribution in [0.3, 0.4) is 0 Å². The van der Waals surface area contributed by atoms with Crippen molar-refractivity contribution in [1.82, 2.24) is 5.43 Å². The fraction of sp³-hybridized carbons (Fsp3) is 0.130. The molecule has 1 heterocycles. The van der Waals surface area contributed by atoms with Crippen LogP contribution in [0.4, 0.5) is 0 Å². The van der Waals surface area contributed by atoms with E-state index in [1.54, 1.807) is 31.5 Å². The van der Waals surface area contributed by atoms with Crippen molar-refractivity contribution in [1.29, 1.82) is 0 Å².